The zero-order valence-corrected chi connectivity index (χ0v) is 22.8. The highest BCUT2D eigenvalue weighted by atomic mass is 35.6. The monoisotopic (exact) mass is 530 g/mol. The van der Waals surface area contributed by atoms with Gasteiger partial charge in [0, 0.05) is 30.9 Å². The lowest BCUT2D eigenvalue weighted by Gasteiger charge is -2.47. The van der Waals surface area contributed by atoms with Crippen molar-refractivity contribution >= 4 is 40.9 Å². The molecular weight excluding hydrogens is 495 g/mol. The van der Waals surface area contributed by atoms with E-state index in [2.05, 4.69) is 70.5 Å². The van der Waals surface area contributed by atoms with Crippen molar-refractivity contribution in [3.05, 3.63) is 77.0 Å². The molecule has 5 rings (SSSR count). The van der Waals surface area contributed by atoms with Gasteiger partial charge in [-0.25, -0.2) is 0 Å². The standard InChI is InChI=1S/C30H37Cl3N2/c31-30(32,33)29-28-19-11-10-14-24(28)20-27(35(29)21-23-12-4-1-5-13-23)22-34(25-15-6-2-7-16-25)26-17-8-3-9-18-26/h1,4-5,10-14,19-20,25-26,29H,2-3,6-9,15-18,21-22H2. The van der Waals surface area contributed by atoms with E-state index in [-0.39, 0.29) is 6.04 Å². The van der Waals surface area contributed by atoms with Crippen LogP contribution in [0.1, 0.15) is 86.9 Å². The fraction of sp³-hybridized carbons (Fsp3) is 0.533. The molecule has 0 amide bonds. The summed E-state index contributed by atoms with van der Waals surface area (Å²) in [6.07, 6.45) is 15.8. The predicted molar refractivity (Wildman–Crippen MR) is 150 cm³/mol. The first-order valence-electron chi connectivity index (χ1n) is 13.4. The molecule has 0 N–H and O–H groups in total. The van der Waals surface area contributed by atoms with Crippen LogP contribution in [-0.4, -0.2) is 32.2 Å². The Bertz CT molecular complexity index is 970. The van der Waals surface area contributed by atoms with Gasteiger partial charge in [0.25, 0.3) is 0 Å². The van der Waals surface area contributed by atoms with Gasteiger partial charge in [0.15, 0.2) is 0 Å². The van der Waals surface area contributed by atoms with Gasteiger partial charge in [-0.05, 0) is 48.4 Å². The van der Waals surface area contributed by atoms with Crippen LogP contribution in [0, 0.1) is 0 Å². The quantitative estimate of drug-likeness (QED) is 0.343. The van der Waals surface area contributed by atoms with Crippen molar-refractivity contribution in [2.24, 2.45) is 0 Å². The number of rotatable bonds is 6. The maximum Gasteiger partial charge on any atom is 0.214 e. The molecule has 5 heteroatoms. The zero-order valence-electron chi connectivity index (χ0n) is 20.5. The van der Waals surface area contributed by atoms with Crippen molar-refractivity contribution in [2.75, 3.05) is 6.54 Å². The molecule has 2 aromatic carbocycles. The van der Waals surface area contributed by atoms with Crippen molar-refractivity contribution in [3.8, 4) is 0 Å². The predicted octanol–water partition coefficient (Wildman–Crippen LogP) is 8.92. The number of hydrogen-bond acceptors (Lipinski definition) is 2. The average molecular weight is 532 g/mol. The average Bonchev–Trinajstić information content (AvgIpc) is 2.88. The number of hydrogen-bond donors (Lipinski definition) is 0. The first-order valence-corrected chi connectivity index (χ1v) is 14.6. The van der Waals surface area contributed by atoms with Gasteiger partial charge in [-0.1, -0.05) is 128 Å². The second kappa shape index (κ2) is 11.5. The SMILES string of the molecule is ClC(Cl)(Cl)C1c2ccccc2C=C(CN(C2CCCCC2)C2CCCCC2)N1Cc1ccccc1. The molecule has 0 saturated heterocycles. The Kier molecular flexibility index (Phi) is 8.34. The first-order chi connectivity index (χ1) is 17.0. The van der Waals surface area contributed by atoms with Crippen LogP contribution in [0.25, 0.3) is 6.08 Å². The molecule has 1 heterocycles. The Morgan fingerprint density at radius 2 is 1.31 bits per heavy atom. The van der Waals surface area contributed by atoms with Gasteiger partial charge in [-0.3, -0.25) is 4.90 Å². The fourth-order valence-corrected chi connectivity index (χ4v) is 7.22. The van der Waals surface area contributed by atoms with E-state index in [1.54, 1.807) is 0 Å². The minimum atomic E-state index is -1.44. The largest absolute Gasteiger partial charge is 0.358 e. The second-order valence-corrected chi connectivity index (χ2v) is 12.9. The Hall–Kier alpha value is -1.19. The van der Waals surface area contributed by atoms with E-state index in [9.17, 15) is 0 Å². The third-order valence-corrected chi connectivity index (χ3v) is 8.85. The summed E-state index contributed by atoms with van der Waals surface area (Å²) in [6, 6.07) is 20.0. The van der Waals surface area contributed by atoms with Crippen LogP contribution >= 0.6 is 34.8 Å². The number of nitrogens with zero attached hydrogens (tertiary/aromatic N) is 2. The van der Waals surface area contributed by atoms with Gasteiger partial charge < -0.3 is 4.90 Å². The zero-order chi connectivity index (χ0) is 24.3. The molecule has 0 radical (unpaired) electrons. The summed E-state index contributed by atoms with van der Waals surface area (Å²) in [6.45, 7) is 1.65. The van der Waals surface area contributed by atoms with Crippen molar-refractivity contribution in [1.29, 1.82) is 0 Å². The molecule has 1 atom stereocenters. The maximum atomic E-state index is 6.75. The van der Waals surface area contributed by atoms with Crippen molar-refractivity contribution in [2.45, 2.75) is 92.7 Å². The van der Waals surface area contributed by atoms with Gasteiger partial charge in [0.1, 0.15) is 6.04 Å². The smallest absolute Gasteiger partial charge is 0.214 e. The Labute approximate surface area is 226 Å². The molecular formula is C30H37Cl3N2. The Morgan fingerprint density at radius 1 is 0.743 bits per heavy atom. The van der Waals surface area contributed by atoms with E-state index < -0.39 is 3.79 Å². The Morgan fingerprint density at radius 3 is 1.91 bits per heavy atom. The second-order valence-electron chi connectivity index (χ2n) is 10.6. The van der Waals surface area contributed by atoms with Gasteiger partial charge in [-0.15, -0.1) is 0 Å². The van der Waals surface area contributed by atoms with Crippen LogP contribution in [0.5, 0.6) is 0 Å². The number of halogens is 3. The van der Waals surface area contributed by atoms with E-state index >= 15 is 0 Å². The minimum Gasteiger partial charge on any atom is -0.358 e. The van der Waals surface area contributed by atoms with Crippen LogP contribution in [0.3, 0.4) is 0 Å². The highest BCUT2D eigenvalue weighted by Gasteiger charge is 2.43. The van der Waals surface area contributed by atoms with Crippen molar-refractivity contribution < 1.29 is 0 Å². The lowest BCUT2D eigenvalue weighted by Crippen LogP contribution is -2.49. The van der Waals surface area contributed by atoms with Gasteiger partial charge >= 0.3 is 0 Å². The molecule has 0 bridgehead atoms. The minimum absolute atomic E-state index is 0.330. The van der Waals surface area contributed by atoms with E-state index in [1.807, 2.05) is 0 Å². The lowest BCUT2D eigenvalue weighted by molar-refractivity contribution is 0.0775. The molecule has 1 aliphatic heterocycles. The van der Waals surface area contributed by atoms with Gasteiger partial charge in [0.05, 0.1) is 0 Å². The summed E-state index contributed by atoms with van der Waals surface area (Å²) in [4.78, 5) is 5.23. The summed E-state index contributed by atoms with van der Waals surface area (Å²) in [5.74, 6) is 0. The number of benzene rings is 2. The third-order valence-electron chi connectivity index (χ3n) is 8.23. The molecule has 0 aromatic heterocycles. The van der Waals surface area contributed by atoms with E-state index in [0.717, 1.165) is 18.7 Å². The molecule has 2 fully saturated rings. The number of fused-ring (bicyclic) bond motifs is 1. The van der Waals surface area contributed by atoms with Crippen LogP contribution in [0.2, 0.25) is 0 Å². The molecule has 188 valence electrons. The van der Waals surface area contributed by atoms with Crippen LogP contribution in [0.15, 0.2) is 60.3 Å². The molecule has 0 spiro atoms. The topological polar surface area (TPSA) is 6.48 Å². The normalized spacial score (nSPS) is 22.2. The fourth-order valence-electron chi connectivity index (χ4n) is 6.52. The van der Waals surface area contributed by atoms with Crippen LogP contribution in [-0.2, 0) is 6.54 Å². The third kappa shape index (κ3) is 6.04. The molecule has 1 unspecified atom stereocenters. The summed E-state index contributed by atoms with van der Waals surface area (Å²) < 4.78 is -1.44. The van der Waals surface area contributed by atoms with Gasteiger partial charge in [0.2, 0.25) is 3.79 Å². The van der Waals surface area contributed by atoms with Gasteiger partial charge in [-0.2, -0.15) is 0 Å². The van der Waals surface area contributed by atoms with E-state index in [1.165, 1.54) is 81.0 Å². The number of alkyl halides is 3. The van der Waals surface area contributed by atoms with Crippen LogP contribution in [0.4, 0.5) is 0 Å². The highest BCUT2D eigenvalue weighted by molar-refractivity contribution is 6.68. The molecule has 2 aliphatic carbocycles. The molecule has 35 heavy (non-hydrogen) atoms. The molecule has 2 nitrogen and oxygen atoms in total. The van der Waals surface area contributed by atoms with Crippen molar-refractivity contribution in [3.63, 3.8) is 0 Å². The molecule has 2 saturated carbocycles. The lowest BCUT2D eigenvalue weighted by atomic mass is 9.87. The van der Waals surface area contributed by atoms with E-state index in [0.29, 0.717) is 12.1 Å². The first kappa shape index (κ1) is 25.5. The molecule has 2 aromatic rings. The summed E-state index contributed by atoms with van der Waals surface area (Å²) in [5.41, 5.74) is 4.78. The highest BCUT2D eigenvalue weighted by Crippen LogP contribution is 2.49. The molecule has 3 aliphatic rings. The Balaban J connectivity index is 1.54. The van der Waals surface area contributed by atoms with E-state index in [4.69, 9.17) is 34.8 Å². The summed E-state index contributed by atoms with van der Waals surface area (Å²) in [7, 11) is 0. The van der Waals surface area contributed by atoms with Crippen molar-refractivity contribution in [1.82, 2.24) is 9.80 Å². The maximum absolute atomic E-state index is 6.75. The summed E-state index contributed by atoms with van der Waals surface area (Å²) in [5, 5.41) is 0. The summed E-state index contributed by atoms with van der Waals surface area (Å²) >= 11 is 20.2. The van der Waals surface area contributed by atoms with Crippen LogP contribution < -0.4 is 0 Å².